The molecule has 0 radical (unpaired) electrons. The third kappa shape index (κ3) is 6.01. The molecule has 1 amide bonds. The van der Waals surface area contributed by atoms with Crippen molar-refractivity contribution in [2.75, 3.05) is 26.2 Å². The molecule has 1 atom stereocenters. The zero-order chi connectivity index (χ0) is 15.1. The number of nitrogens with zero attached hydrogens (tertiary/aromatic N) is 1. The van der Waals surface area contributed by atoms with Crippen molar-refractivity contribution in [3.63, 3.8) is 0 Å². The van der Waals surface area contributed by atoms with Crippen molar-refractivity contribution < 1.29 is 19.4 Å². The Morgan fingerprint density at radius 3 is 2.67 bits per heavy atom. The summed E-state index contributed by atoms with van der Waals surface area (Å²) in [5, 5.41) is 11.7. The molecule has 6 heteroatoms. The minimum Gasteiger partial charge on any atom is -0.481 e. The molecule has 0 aromatic heterocycles. The smallest absolute Gasteiger partial charge is 0.304 e. The fraction of sp³-hybridized carbons (Fsp3) is 0.867. The topological polar surface area (TPSA) is 78.9 Å². The van der Waals surface area contributed by atoms with E-state index in [1.165, 1.54) is 12.8 Å². The molecule has 6 nitrogen and oxygen atoms in total. The molecule has 1 heterocycles. The summed E-state index contributed by atoms with van der Waals surface area (Å²) < 4.78 is 5.69. The van der Waals surface area contributed by atoms with Gasteiger partial charge in [0.05, 0.1) is 12.5 Å². The summed E-state index contributed by atoms with van der Waals surface area (Å²) in [5.74, 6) is -0.793. The van der Waals surface area contributed by atoms with Crippen molar-refractivity contribution in [3.05, 3.63) is 0 Å². The lowest BCUT2D eigenvalue weighted by Crippen LogP contribution is -2.42. The molecule has 0 aromatic carbocycles. The minimum atomic E-state index is -0.769. The van der Waals surface area contributed by atoms with Gasteiger partial charge in [-0.05, 0) is 32.2 Å². The molecule has 1 saturated carbocycles. The summed E-state index contributed by atoms with van der Waals surface area (Å²) in [4.78, 5) is 24.5. The largest absolute Gasteiger partial charge is 0.481 e. The molecule has 1 aliphatic heterocycles. The highest BCUT2D eigenvalue weighted by atomic mass is 16.5. The summed E-state index contributed by atoms with van der Waals surface area (Å²) in [6.07, 6.45) is 6.71. The minimum absolute atomic E-state index is 0.0236. The maximum Gasteiger partial charge on any atom is 0.304 e. The average molecular weight is 298 g/mol. The first-order chi connectivity index (χ1) is 10.1. The molecule has 120 valence electrons. The first-order valence-corrected chi connectivity index (χ1v) is 7.98. The first-order valence-electron chi connectivity index (χ1n) is 7.98. The van der Waals surface area contributed by atoms with Crippen LogP contribution in [0.4, 0.5) is 0 Å². The Balaban J connectivity index is 1.62. The van der Waals surface area contributed by atoms with Crippen LogP contribution in [0.3, 0.4) is 0 Å². The van der Waals surface area contributed by atoms with Crippen LogP contribution in [-0.2, 0) is 14.3 Å². The fourth-order valence-electron chi connectivity index (χ4n) is 3.14. The van der Waals surface area contributed by atoms with E-state index in [1.807, 2.05) is 0 Å². The van der Waals surface area contributed by atoms with E-state index < -0.39 is 5.97 Å². The molecule has 0 aromatic rings. The van der Waals surface area contributed by atoms with Crippen molar-refractivity contribution in [1.82, 2.24) is 10.2 Å². The number of rotatable bonds is 7. The standard InChI is InChI=1S/C15H26N2O4/c18-14(16-12-4-1-2-5-12)11-21-13-6-3-8-17(10-13)9-7-15(19)20/h12-13H,1-11H2,(H,16,18)(H,19,20). The lowest BCUT2D eigenvalue weighted by molar-refractivity contribution is -0.137. The highest BCUT2D eigenvalue weighted by molar-refractivity contribution is 5.77. The summed E-state index contributed by atoms with van der Waals surface area (Å²) >= 11 is 0. The van der Waals surface area contributed by atoms with E-state index in [4.69, 9.17) is 9.84 Å². The number of aliphatic carboxylic acids is 1. The number of hydrogen-bond donors (Lipinski definition) is 2. The van der Waals surface area contributed by atoms with Crippen molar-refractivity contribution in [3.8, 4) is 0 Å². The van der Waals surface area contributed by atoms with E-state index in [9.17, 15) is 9.59 Å². The van der Waals surface area contributed by atoms with Crippen LogP contribution in [0.25, 0.3) is 0 Å². The molecule has 2 fully saturated rings. The molecule has 1 unspecified atom stereocenters. The van der Waals surface area contributed by atoms with Gasteiger partial charge in [-0.2, -0.15) is 0 Å². The average Bonchev–Trinajstić information content (AvgIpc) is 2.96. The second-order valence-electron chi connectivity index (χ2n) is 6.07. The van der Waals surface area contributed by atoms with Gasteiger partial charge in [-0.1, -0.05) is 12.8 Å². The summed E-state index contributed by atoms with van der Waals surface area (Å²) in [6.45, 7) is 2.32. The Morgan fingerprint density at radius 1 is 1.19 bits per heavy atom. The molecular weight excluding hydrogens is 272 g/mol. The van der Waals surface area contributed by atoms with Gasteiger partial charge in [0.2, 0.25) is 5.91 Å². The number of likely N-dealkylation sites (tertiary alicyclic amines) is 1. The van der Waals surface area contributed by atoms with E-state index in [1.54, 1.807) is 0 Å². The summed E-state index contributed by atoms with van der Waals surface area (Å²) in [5.41, 5.74) is 0. The number of carboxylic acid groups (broad SMARTS) is 1. The monoisotopic (exact) mass is 298 g/mol. The third-order valence-electron chi connectivity index (χ3n) is 4.27. The molecule has 1 saturated heterocycles. The lowest BCUT2D eigenvalue weighted by Gasteiger charge is -2.32. The van der Waals surface area contributed by atoms with E-state index in [0.717, 1.165) is 38.8 Å². The van der Waals surface area contributed by atoms with E-state index in [0.29, 0.717) is 12.6 Å². The second kappa shape index (κ2) is 8.34. The molecule has 2 N–H and O–H groups in total. The quantitative estimate of drug-likeness (QED) is 0.733. The van der Waals surface area contributed by atoms with Gasteiger partial charge < -0.3 is 20.1 Å². The Morgan fingerprint density at radius 2 is 1.95 bits per heavy atom. The van der Waals surface area contributed by atoms with Crippen molar-refractivity contribution >= 4 is 11.9 Å². The number of nitrogens with one attached hydrogen (secondary N) is 1. The van der Waals surface area contributed by atoms with Gasteiger partial charge in [-0.25, -0.2) is 0 Å². The van der Waals surface area contributed by atoms with Gasteiger partial charge >= 0.3 is 5.97 Å². The molecular formula is C15H26N2O4. The van der Waals surface area contributed by atoms with Crippen LogP contribution in [0.1, 0.15) is 44.9 Å². The third-order valence-corrected chi connectivity index (χ3v) is 4.27. The number of carbonyl (C=O) groups is 2. The number of amides is 1. The Labute approximate surface area is 125 Å². The van der Waals surface area contributed by atoms with E-state index in [-0.39, 0.29) is 25.0 Å². The Bertz CT molecular complexity index is 356. The number of piperidine rings is 1. The predicted molar refractivity (Wildman–Crippen MR) is 78.1 cm³/mol. The zero-order valence-electron chi connectivity index (χ0n) is 12.6. The fourth-order valence-corrected chi connectivity index (χ4v) is 3.14. The van der Waals surface area contributed by atoms with Crippen molar-refractivity contribution in [2.24, 2.45) is 0 Å². The number of carbonyl (C=O) groups excluding carboxylic acids is 1. The van der Waals surface area contributed by atoms with Gasteiger partial charge in [0.1, 0.15) is 6.61 Å². The van der Waals surface area contributed by atoms with Gasteiger partial charge in [0.25, 0.3) is 0 Å². The normalized spacial score (nSPS) is 24.1. The molecule has 21 heavy (non-hydrogen) atoms. The van der Waals surface area contributed by atoms with Gasteiger partial charge in [0, 0.05) is 19.1 Å². The lowest BCUT2D eigenvalue weighted by atomic mass is 10.1. The van der Waals surface area contributed by atoms with Gasteiger partial charge in [-0.3, -0.25) is 9.59 Å². The molecule has 2 aliphatic rings. The van der Waals surface area contributed by atoms with Crippen LogP contribution >= 0.6 is 0 Å². The number of ether oxygens (including phenoxy) is 1. The van der Waals surface area contributed by atoms with Gasteiger partial charge in [-0.15, -0.1) is 0 Å². The van der Waals surface area contributed by atoms with Crippen LogP contribution in [0.15, 0.2) is 0 Å². The number of hydrogen-bond acceptors (Lipinski definition) is 4. The van der Waals surface area contributed by atoms with Crippen LogP contribution in [0, 0.1) is 0 Å². The molecule has 1 aliphatic carbocycles. The van der Waals surface area contributed by atoms with Crippen molar-refractivity contribution in [1.29, 1.82) is 0 Å². The van der Waals surface area contributed by atoms with Gasteiger partial charge in [0.15, 0.2) is 0 Å². The summed E-state index contributed by atoms with van der Waals surface area (Å²) in [6, 6.07) is 0.333. The Hall–Kier alpha value is -1.14. The highest BCUT2D eigenvalue weighted by Gasteiger charge is 2.22. The van der Waals surface area contributed by atoms with Crippen LogP contribution in [0.5, 0.6) is 0 Å². The van der Waals surface area contributed by atoms with Crippen molar-refractivity contribution in [2.45, 2.75) is 57.1 Å². The maximum atomic E-state index is 11.8. The van der Waals surface area contributed by atoms with Crippen LogP contribution in [-0.4, -0.2) is 60.3 Å². The van der Waals surface area contributed by atoms with E-state index >= 15 is 0 Å². The zero-order valence-corrected chi connectivity index (χ0v) is 12.6. The molecule has 2 rings (SSSR count). The second-order valence-corrected chi connectivity index (χ2v) is 6.07. The Kier molecular flexibility index (Phi) is 6.45. The highest BCUT2D eigenvalue weighted by Crippen LogP contribution is 2.17. The number of carboxylic acids is 1. The predicted octanol–water partition coefficient (Wildman–Crippen LogP) is 1.00. The van der Waals surface area contributed by atoms with E-state index in [2.05, 4.69) is 10.2 Å². The van der Waals surface area contributed by atoms with Crippen LogP contribution < -0.4 is 5.32 Å². The maximum absolute atomic E-state index is 11.8. The summed E-state index contributed by atoms with van der Waals surface area (Å²) in [7, 11) is 0. The van der Waals surface area contributed by atoms with Crippen LogP contribution in [0.2, 0.25) is 0 Å². The SMILES string of the molecule is O=C(O)CCN1CCCC(OCC(=O)NC2CCCC2)C1. The molecule has 0 bridgehead atoms. The molecule has 0 spiro atoms. The first kappa shape index (κ1) is 16.2.